The van der Waals surface area contributed by atoms with E-state index in [1.54, 1.807) is 19.9 Å². The Morgan fingerprint density at radius 1 is 1.20 bits per heavy atom. The minimum atomic E-state index is -0.737. The van der Waals surface area contributed by atoms with Crippen LogP contribution in [-0.4, -0.2) is 55.2 Å². The number of aromatic nitrogens is 1. The van der Waals surface area contributed by atoms with Crippen LogP contribution in [0.2, 0.25) is 0 Å². The second-order valence-corrected chi connectivity index (χ2v) is 8.18. The Kier molecular flexibility index (Phi) is 9.30. The maximum atomic E-state index is 14.6. The van der Waals surface area contributed by atoms with Gasteiger partial charge in [0.15, 0.2) is 29.0 Å². The van der Waals surface area contributed by atoms with Gasteiger partial charge in [-0.15, -0.1) is 5.06 Å². The van der Waals surface area contributed by atoms with Crippen LogP contribution >= 0.6 is 0 Å². The maximum absolute atomic E-state index is 14.6. The van der Waals surface area contributed by atoms with Crippen LogP contribution in [0, 0.1) is 11.6 Å². The molecule has 0 atom stereocenters. The number of carbonyl (C=O) groups excluding carboxylic acids is 1. The third kappa shape index (κ3) is 7.32. The SMILES string of the molecule is CCCOc1cc(F)c(Nc2nccc(OC3CCN(OC(=O)OC(C)C)CC3)c2OC)cc1F. The third-order valence-electron chi connectivity index (χ3n) is 5.04. The van der Waals surface area contributed by atoms with Crippen LogP contribution in [0.1, 0.15) is 40.0 Å². The zero-order valence-corrected chi connectivity index (χ0v) is 20.3. The Labute approximate surface area is 203 Å². The number of hydrogen-bond acceptors (Lipinski definition) is 9. The normalized spacial score (nSPS) is 14.5. The smallest absolute Gasteiger partial charge is 0.490 e. The molecule has 2 aromatic rings. The van der Waals surface area contributed by atoms with Crippen LogP contribution in [0.25, 0.3) is 0 Å². The average Bonchev–Trinajstić information content (AvgIpc) is 2.81. The van der Waals surface area contributed by atoms with Gasteiger partial charge in [0.25, 0.3) is 0 Å². The van der Waals surface area contributed by atoms with E-state index in [4.69, 9.17) is 23.8 Å². The highest BCUT2D eigenvalue weighted by Gasteiger charge is 2.26. The molecule has 1 aliphatic heterocycles. The van der Waals surface area contributed by atoms with Gasteiger partial charge in [-0.25, -0.2) is 18.6 Å². The Bertz CT molecular complexity index is 999. The molecule has 3 rings (SSSR count). The summed E-state index contributed by atoms with van der Waals surface area (Å²) in [7, 11) is 1.43. The van der Waals surface area contributed by atoms with Gasteiger partial charge in [0, 0.05) is 50.3 Å². The van der Waals surface area contributed by atoms with Crippen LogP contribution in [-0.2, 0) is 9.57 Å². The number of carbonyl (C=O) groups is 1. The number of hydroxylamine groups is 2. The van der Waals surface area contributed by atoms with Crippen molar-refractivity contribution in [3.8, 4) is 17.2 Å². The maximum Gasteiger partial charge on any atom is 0.528 e. The molecule has 35 heavy (non-hydrogen) atoms. The van der Waals surface area contributed by atoms with Gasteiger partial charge in [-0.1, -0.05) is 6.92 Å². The molecule has 0 spiro atoms. The van der Waals surface area contributed by atoms with Crippen LogP contribution < -0.4 is 19.5 Å². The summed E-state index contributed by atoms with van der Waals surface area (Å²) in [4.78, 5) is 21.0. The number of pyridine rings is 1. The van der Waals surface area contributed by atoms with E-state index in [0.717, 1.165) is 12.1 Å². The first-order valence-corrected chi connectivity index (χ1v) is 11.5. The predicted molar refractivity (Wildman–Crippen MR) is 124 cm³/mol. The number of piperidine rings is 1. The number of halogens is 2. The number of nitrogens with one attached hydrogen (secondary N) is 1. The Balaban J connectivity index is 1.65. The second-order valence-electron chi connectivity index (χ2n) is 8.18. The fourth-order valence-corrected chi connectivity index (χ4v) is 3.42. The Morgan fingerprint density at radius 2 is 1.94 bits per heavy atom. The van der Waals surface area contributed by atoms with Crippen molar-refractivity contribution in [3.05, 3.63) is 36.0 Å². The van der Waals surface area contributed by atoms with Crippen molar-refractivity contribution in [3.63, 3.8) is 0 Å². The summed E-state index contributed by atoms with van der Waals surface area (Å²) in [6.07, 6.45) is 2.15. The molecule has 0 radical (unpaired) electrons. The monoisotopic (exact) mass is 495 g/mol. The third-order valence-corrected chi connectivity index (χ3v) is 5.04. The van der Waals surface area contributed by atoms with Crippen molar-refractivity contribution >= 4 is 17.7 Å². The van der Waals surface area contributed by atoms with Crippen molar-refractivity contribution in [2.24, 2.45) is 0 Å². The van der Waals surface area contributed by atoms with E-state index in [2.05, 4.69) is 10.3 Å². The number of nitrogens with zero attached hydrogens (tertiary/aromatic N) is 2. The highest BCUT2D eigenvalue weighted by Crippen LogP contribution is 2.37. The van der Waals surface area contributed by atoms with E-state index in [1.165, 1.54) is 18.4 Å². The lowest BCUT2D eigenvalue weighted by molar-refractivity contribution is -0.151. The molecule has 0 saturated carbocycles. The van der Waals surface area contributed by atoms with Gasteiger partial charge in [0.05, 0.1) is 25.5 Å². The molecule has 0 amide bonds. The van der Waals surface area contributed by atoms with E-state index >= 15 is 0 Å². The van der Waals surface area contributed by atoms with Gasteiger partial charge in [-0.3, -0.25) is 0 Å². The first kappa shape index (κ1) is 26.3. The van der Waals surface area contributed by atoms with E-state index in [0.29, 0.717) is 38.1 Å². The minimum Gasteiger partial charge on any atom is -0.490 e. The summed E-state index contributed by atoms with van der Waals surface area (Å²) in [5.41, 5.74) is -0.118. The summed E-state index contributed by atoms with van der Waals surface area (Å²) >= 11 is 0. The van der Waals surface area contributed by atoms with Crippen molar-refractivity contribution in [2.75, 3.05) is 32.1 Å². The Hall–Kier alpha value is -3.34. The second kappa shape index (κ2) is 12.4. The summed E-state index contributed by atoms with van der Waals surface area (Å²) < 4.78 is 50.7. The van der Waals surface area contributed by atoms with Gasteiger partial charge >= 0.3 is 6.16 Å². The van der Waals surface area contributed by atoms with Crippen molar-refractivity contribution < 1.29 is 37.4 Å². The van der Waals surface area contributed by atoms with Crippen molar-refractivity contribution in [2.45, 2.75) is 52.2 Å². The first-order chi connectivity index (χ1) is 16.8. The quantitative estimate of drug-likeness (QED) is 0.445. The van der Waals surface area contributed by atoms with E-state index in [9.17, 15) is 13.6 Å². The highest BCUT2D eigenvalue weighted by atomic mass is 19.1. The molecule has 192 valence electrons. The molecular weight excluding hydrogens is 464 g/mol. The summed E-state index contributed by atoms with van der Waals surface area (Å²) in [5.74, 6) is -0.733. The average molecular weight is 496 g/mol. The number of hydrogen-bond donors (Lipinski definition) is 1. The van der Waals surface area contributed by atoms with Gasteiger partial charge in [0.1, 0.15) is 6.10 Å². The first-order valence-electron chi connectivity index (χ1n) is 11.5. The summed E-state index contributed by atoms with van der Waals surface area (Å²) in [6, 6.07) is 3.63. The molecule has 1 saturated heterocycles. The molecule has 2 heterocycles. The fraction of sp³-hybridized carbons (Fsp3) is 0.500. The van der Waals surface area contributed by atoms with Gasteiger partial charge in [-0.05, 0) is 20.3 Å². The molecule has 1 aromatic carbocycles. The van der Waals surface area contributed by atoms with Crippen molar-refractivity contribution in [1.82, 2.24) is 10.0 Å². The van der Waals surface area contributed by atoms with Gasteiger partial charge in [-0.2, -0.15) is 0 Å². The zero-order chi connectivity index (χ0) is 25.4. The van der Waals surface area contributed by atoms with Crippen LogP contribution in [0.15, 0.2) is 24.4 Å². The van der Waals surface area contributed by atoms with E-state index in [-0.39, 0.29) is 41.8 Å². The molecule has 0 unspecified atom stereocenters. The number of ether oxygens (including phenoxy) is 4. The topological polar surface area (TPSA) is 91.4 Å². The lowest BCUT2D eigenvalue weighted by atomic mass is 10.1. The van der Waals surface area contributed by atoms with Gasteiger partial charge in [0.2, 0.25) is 5.75 Å². The summed E-state index contributed by atoms with van der Waals surface area (Å²) in [6.45, 7) is 6.58. The molecule has 1 N–H and O–H groups in total. The van der Waals surface area contributed by atoms with Gasteiger partial charge < -0.3 is 29.1 Å². The molecule has 11 heteroatoms. The number of rotatable bonds is 10. The molecular formula is C24H31F2N3O6. The fourth-order valence-electron chi connectivity index (χ4n) is 3.42. The number of benzene rings is 1. The molecule has 9 nitrogen and oxygen atoms in total. The lowest BCUT2D eigenvalue weighted by Gasteiger charge is -2.30. The molecule has 0 bridgehead atoms. The molecule has 1 fully saturated rings. The lowest BCUT2D eigenvalue weighted by Crippen LogP contribution is -2.39. The van der Waals surface area contributed by atoms with Crippen LogP contribution in [0.5, 0.6) is 17.2 Å². The largest absolute Gasteiger partial charge is 0.528 e. The molecule has 1 aliphatic rings. The standard InChI is InChI=1S/C24H31F2N3O6/c1-5-12-32-21-14-17(25)19(13-18(21)26)28-23-22(31-4)20(6-9-27-23)34-16-7-10-29(11-8-16)35-24(30)33-15(2)3/h6,9,13-16H,5,7-8,10-12H2,1-4H3,(H,27,28). The summed E-state index contributed by atoms with van der Waals surface area (Å²) in [5, 5.41) is 4.31. The number of anilines is 2. The predicted octanol–water partition coefficient (Wildman–Crippen LogP) is 5.22. The van der Waals surface area contributed by atoms with Crippen LogP contribution in [0.4, 0.5) is 25.1 Å². The number of methoxy groups -OCH3 is 1. The Morgan fingerprint density at radius 3 is 2.60 bits per heavy atom. The van der Waals surface area contributed by atoms with Crippen LogP contribution in [0.3, 0.4) is 0 Å². The van der Waals surface area contributed by atoms with E-state index in [1.807, 2.05) is 6.92 Å². The van der Waals surface area contributed by atoms with E-state index < -0.39 is 17.8 Å². The molecule has 1 aromatic heterocycles. The van der Waals surface area contributed by atoms with Crippen molar-refractivity contribution in [1.29, 1.82) is 0 Å². The molecule has 0 aliphatic carbocycles. The minimum absolute atomic E-state index is 0.118. The zero-order valence-electron chi connectivity index (χ0n) is 20.3. The highest BCUT2D eigenvalue weighted by molar-refractivity contribution is 5.67.